The summed E-state index contributed by atoms with van der Waals surface area (Å²) in [5.41, 5.74) is 3.68. The van der Waals surface area contributed by atoms with Crippen LogP contribution in [0, 0.1) is 0 Å². The fourth-order valence-corrected chi connectivity index (χ4v) is 2.79. The van der Waals surface area contributed by atoms with Crippen LogP contribution in [0.2, 0.25) is 0 Å². The van der Waals surface area contributed by atoms with Crippen LogP contribution in [-0.2, 0) is 0 Å². The first kappa shape index (κ1) is 16.1. The van der Waals surface area contributed by atoms with Gasteiger partial charge in [0.25, 0.3) is 0 Å². The van der Waals surface area contributed by atoms with Crippen molar-refractivity contribution in [3.63, 3.8) is 0 Å². The maximum absolute atomic E-state index is 6.54. The highest BCUT2D eigenvalue weighted by molar-refractivity contribution is 6.21. The number of likely N-dealkylation sites (N-methyl/N-ethyl adjacent to an activating group) is 1. The van der Waals surface area contributed by atoms with Crippen molar-refractivity contribution in [2.24, 2.45) is 0 Å². The van der Waals surface area contributed by atoms with E-state index in [9.17, 15) is 0 Å². The van der Waals surface area contributed by atoms with Gasteiger partial charge in [-0.15, -0.1) is 11.6 Å². The minimum absolute atomic E-state index is 0.0525. The highest BCUT2D eigenvalue weighted by Crippen LogP contribution is 2.25. The van der Waals surface area contributed by atoms with Crippen LogP contribution >= 0.6 is 11.6 Å². The van der Waals surface area contributed by atoms with Crippen molar-refractivity contribution < 1.29 is 0 Å². The van der Waals surface area contributed by atoms with E-state index in [1.54, 1.807) is 0 Å². The van der Waals surface area contributed by atoms with Gasteiger partial charge in [-0.05, 0) is 36.7 Å². The average molecular weight is 302 g/mol. The molecule has 112 valence electrons. The molecule has 2 heteroatoms. The Morgan fingerprint density at radius 2 is 1.57 bits per heavy atom. The van der Waals surface area contributed by atoms with Gasteiger partial charge < -0.3 is 4.90 Å². The second-order valence-electron chi connectivity index (χ2n) is 5.57. The number of hydrogen-bond donors (Lipinski definition) is 0. The molecule has 0 aliphatic heterocycles. The van der Waals surface area contributed by atoms with Crippen LogP contribution in [0.25, 0.3) is 11.1 Å². The largest absolute Gasteiger partial charge is 0.305 e. The molecule has 2 aromatic carbocycles. The second-order valence-corrected chi connectivity index (χ2v) is 6.10. The van der Waals surface area contributed by atoms with Crippen molar-refractivity contribution in [3.05, 3.63) is 60.2 Å². The Labute approximate surface area is 133 Å². The molecule has 1 atom stereocenters. The summed E-state index contributed by atoms with van der Waals surface area (Å²) in [6.07, 6.45) is 2.45. The fraction of sp³-hybridized carbons (Fsp3) is 0.368. The smallest absolute Gasteiger partial charge is 0.0712 e. The van der Waals surface area contributed by atoms with Gasteiger partial charge in [-0.25, -0.2) is 0 Å². The Bertz CT molecular complexity index is 521. The second kappa shape index (κ2) is 8.21. The maximum atomic E-state index is 6.54. The maximum Gasteiger partial charge on any atom is 0.0712 e. The van der Waals surface area contributed by atoms with Crippen molar-refractivity contribution in [1.82, 2.24) is 4.90 Å². The highest BCUT2D eigenvalue weighted by Gasteiger charge is 2.11. The van der Waals surface area contributed by atoms with E-state index in [0.717, 1.165) is 13.1 Å². The number of unbranched alkanes of at least 4 members (excludes halogenated alkanes) is 1. The summed E-state index contributed by atoms with van der Waals surface area (Å²) in [4.78, 5) is 2.31. The van der Waals surface area contributed by atoms with Gasteiger partial charge in [0.15, 0.2) is 0 Å². The Hall–Kier alpha value is -1.31. The molecule has 0 N–H and O–H groups in total. The number of alkyl halides is 1. The molecule has 1 unspecified atom stereocenters. The lowest BCUT2D eigenvalue weighted by molar-refractivity contribution is 0.328. The Morgan fingerprint density at radius 3 is 2.19 bits per heavy atom. The van der Waals surface area contributed by atoms with Crippen molar-refractivity contribution in [2.45, 2.75) is 25.1 Å². The van der Waals surface area contributed by atoms with Gasteiger partial charge in [0.2, 0.25) is 0 Å². The summed E-state index contributed by atoms with van der Waals surface area (Å²) in [5, 5.41) is 0.0525. The van der Waals surface area contributed by atoms with E-state index in [1.807, 2.05) is 6.07 Å². The molecule has 2 aromatic rings. The molecule has 0 heterocycles. The van der Waals surface area contributed by atoms with Crippen molar-refractivity contribution in [2.75, 3.05) is 20.1 Å². The zero-order chi connectivity index (χ0) is 15.1. The molecule has 0 aliphatic rings. The van der Waals surface area contributed by atoms with Gasteiger partial charge in [-0.3, -0.25) is 0 Å². The van der Waals surface area contributed by atoms with E-state index in [4.69, 9.17) is 11.6 Å². The number of halogens is 1. The molecule has 0 aliphatic carbocycles. The zero-order valence-electron chi connectivity index (χ0n) is 12.9. The summed E-state index contributed by atoms with van der Waals surface area (Å²) in [6.45, 7) is 4.22. The highest BCUT2D eigenvalue weighted by atomic mass is 35.5. The van der Waals surface area contributed by atoms with Gasteiger partial charge in [0.05, 0.1) is 5.38 Å². The summed E-state index contributed by atoms with van der Waals surface area (Å²) < 4.78 is 0. The quantitative estimate of drug-likeness (QED) is 0.622. The standard InChI is InChI=1S/C19H24ClN/c1-3-4-14-21(2)15-19(20)18-12-10-17(11-13-18)16-8-6-5-7-9-16/h5-13,19H,3-4,14-15H2,1-2H3. The lowest BCUT2D eigenvalue weighted by atomic mass is 10.0. The Morgan fingerprint density at radius 1 is 0.952 bits per heavy atom. The molecular weight excluding hydrogens is 278 g/mol. The third-order valence-electron chi connectivity index (χ3n) is 3.74. The van der Waals surface area contributed by atoms with Crippen molar-refractivity contribution in [3.8, 4) is 11.1 Å². The van der Waals surface area contributed by atoms with Crippen LogP contribution in [-0.4, -0.2) is 25.0 Å². The first-order chi connectivity index (χ1) is 10.2. The van der Waals surface area contributed by atoms with Crippen LogP contribution in [0.15, 0.2) is 54.6 Å². The molecule has 0 saturated carbocycles. The zero-order valence-corrected chi connectivity index (χ0v) is 13.7. The van der Waals surface area contributed by atoms with E-state index in [1.165, 1.54) is 29.5 Å². The monoisotopic (exact) mass is 301 g/mol. The molecule has 0 radical (unpaired) electrons. The number of nitrogens with zero attached hydrogens (tertiary/aromatic N) is 1. The van der Waals surface area contributed by atoms with Crippen LogP contribution < -0.4 is 0 Å². The molecular formula is C19H24ClN. The molecule has 0 amide bonds. The molecule has 1 nitrogen and oxygen atoms in total. The van der Waals surface area contributed by atoms with Crippen molar-refractivity contribution >= 4 is 11.6 Å². The lowest BCUT2D eigenvalue weighted by Crippen LogP contribution is -2.23. The predicted molar refractivity (Wildman–Crippen MR) is 92.9 cm³/mol. The average Bonchev–Trinajstić information content (AvgIpc) is 2.54. The molecule has 0 bridgehead atoms. The van der Waals surface area contributed by atoms with E-state index in [-0.39, 0.29) is 5.38 Å². The van der Waals surface area contributed by atoms with Gasteiger partial charge in [0, 0.05) is 6.54 Å². The fourth-order valence-electron chi connectivity index (χ4n) is 2.41. The van der Waals surface area contributed by atoms with Crippen LogP contribution in [0.3, 0.4) is 0 Å². The van der Waals surface area contributed by atoms with Crippen LogP contribution in [0.4, 0.5) is 0 Å². The van der Waals surface area contributed by atoms with Gasteiger partial charge in [0.1, 0.15) is 0 Å². The molecule has 0 spiro atoms. The Kier molecular flexibility index (Phi) is 6.28. The minimum Gasteiger partial charge on any atom is -0.305 e. The summed E-state index contributed by atoms with van der Waals surface area (Å²) >= 11 is 6.54. The third-order valence-corrected chi connectivity index (χ3v) is 4.13. The SMILES string of the molecule is CCCCN(C)CC(Cl)c1ccc(-c2ccccc2)cc1. The number of hydrogen-bond acceptors (Lipinski definition) is 1. The molecule has 0 aromatic heterocycles. The van der Waals surface area contributed by atoms with Gasteiger partial charge in [-0.2, -0.15) is 0 Å². The van der Waals surface area contributed by atoms with Crippen LogP contribution in [0.5, 0.6) is 0 Å². The first-order valence-corrected chi connectivity index (χ1v) is 8.12. The van der Waals surface area contributed by atoms with E-state index < -0.39 is 0 Å². The predicted octanol–water partition coefficient (Wildman–Crippen LogP) is 5.37. The van der Waals surface area contributed by atoms with Gasteiger partial charge >= 0.3 is 0 Å². The molecule has 0 saturated heterocycles. The van der Waals surface area contributed by atoms with E-state index >= 15 is 0 Å². The first-order valence-electron chi connectivity index (χ1n) is 7.68. The lowest BCUT2D eigenvalue weighted by Gasteiger charge is -2.20. The summed E-state index contributed by atoms with van der Waals surface area (Å²) in [6, 6.07) is 19.0. The number of rotatable bonds is 7. The third kappa shape index (κ3) is 4.87. The summed E-state index contributed by atoms with van der Waals surface area (Å²) in [5.74, 6) is 0. The van der Waals surface area contributed by atoms with E-state index in [0.29, 0.717) is 0 Å². The summed E-state index contributed by atoms with van der Waals surface area (Å²) in [7, 11) is 2.14. The van der Waals surface area contributed by atoms with Crippen molar-refractivity contribution in [1.29, 1.82) is 0 Å². The van der Waals surface area contributed by atoms with Crippen LogP contribution in [0.1, 0.15) is 30.7 Å². The number of benzene rings is 2. The minimum atomic E-state index is 0.0525. The molecule has 2 rings (SSSR count). The normalized spacial score (nSPS) is 12.6. The Balaban J connectivity index is 1.98. The molecule has 0 fully saturated rings. The van der Waals surface area contributed by atoms with E-state index in [2.05, 4.69) is 67.4 Å². The van der Waals surface area contributed by atoms with Gasteiger partial charge in [-0.1, -0.05) is 67.9 Å². The topological polar surface area (TPSA) is 3.24 Å². The molecule has 21 heavy (non-hydrogen) atoms.